The Labute approximate surface area is 127 Å². The Morgan fingerprint density at radius 1 is 1.40 bits per heavy atom. The average Bonchev–Trinajstić information content (AvgIpc) is 2.49. The van der Waals surface area contributed by atoms with Gasteiger partial charge in [0.05, 0.1) is 12.7 Å². The second kappa shape index (κ2) is 7.99. The van der Waals surface area contributed by atoms with Crippen LogP contribution in [0.3, 0.4) is 0 Å². The van der Waals surface area contributed by atoms with Crippen LogP contribution < -0.4 is 5.32 Å². The summed E-state index contributed by atoms with van der Waals surface area (Å²) in [7, 11) is 0. The normalized spacial score (nSPS) is 21.9. The quantitative estimate of drug-likeness (QED) is 0.873. The number of ether oxygens (including phenoxy) is 1. The maximum Gasteiger partial charge on any atom is 0.0858 e. The van der Waals surface area contributed by atoms with E-state index >= 15 is 0 Å². The highest BCUT2D eigenvalue weighted by molar-refractivity contribution is 6.31. The molecule has 1 saturated heterocycles. The van der Waals surface area contributed by atoms with Crippen LogP contribution in [-0.4, -0.2) is 49.8 Å². The van der Waals surface area contributed by atoms with Gasteiger partial charge >= 0.3 is 0 Å². The topological polar surface area (TPSA) is 24.5 Å². The van der Waals surface area contributed by atoms with Crippen LogP contribution in [0.5, 0.6) is 0 Å². The number of nitrogens with zero attached hydrogens (tertiary/aromatic N) is 1. The van der Waals surface area contributed by atoms with Crippen molar-refractivity contribution in [2.75, 3.05) is 32.8 Å². The molecule has 4 heteroatoms. The van der Waals surface area contributed by atoms with Crippen molar-refractivity contribution in [3.63, 3.8) is 0 Å². The Morgan fingerprint density at radius 2 is 2.20 bits per heavy atom. The molecule has 1 fully saturated rings. The first-order valence-electron chi connectivity index (χ1n) is 7.55. The van der Waals surface area contributed by atoms with Crippen LogP contribution >= 0.6 is 11.6 Å². The molecule has 0 aromatic heterocycles. The van der Waals surface area contributed by atoms with Crippen LogP contribution in [-0.2, 0) is 11.2 Å². The van der Waals surface area contributed by atoms with E-state index in [1.165, 1.54) is 5.56 Å². The first-order chi connectivity index (χ1) is 9.74. The van der Waals surface area contributed by atoms with E-state index in [4.69, 9.17) is 16.3 Å². The van der Waals surface area contributed by atoms with Gasteiger partial charge in [-0.1, -0.05) is 43.6 Å². The highest BCUT2D eigenvalue weighted by atomic mass is 35.5. The maximum absolute atomic E-state index is 6.28. The van der Waals surface area contributed by atoms with E-state index in [2.05, 4.69) is 30.1 Å². The van der Waals surface area contributed by atoms with Crippen molar-refractivity contribution in [3.05, 3.63) is 34.9 Å². The summed E-state index contributed by atoms with van der Waals surface area (Å²) in [6.45, 7) is 9.24. The smallest absolute Gasteiger partial charge is 0.0858 e. The van der Waals surface area contributed by atoms with Gasteiger partial charge in [-0.3, -0.25) is 4.90 Å². The summed E-state index contributed by atoms with van der Waals surface area (Å²) in [5, 5.41) is 4.41. The number of rotatable bonds is 6. The van der Waals surface area contributed by atoms with Crippen LogP contribution in [0.2, 0.25) is 5.02 Å². The van der Waals surface area contributed by atoms with Crippen molar-refractivity contribution in [1.82, 2.24) is 10.2 Å². The minimum atomic E-state index is 0.236. The Morgan fingerprint density at radius 3 is 2.90 bits per heavy atom. The number of hydrogen-bond acceptors (Lipinski definition) is 3. The fourth-order valence-corrected chi connectivity index (χ4v) is 2.97. The molecule has 0 bridgehead atoms. The molecule has 3 nitrogen and oxygen atoms in total. The van der Waals surface area contributed by atoms with Gasteiger partial charge < -0.3 is 10.1 Å². The van der Waals surface area contributed by atoms with Crippen molar-refractivity contribution < 1.29 is 4.74 Å². The van der Waals surface area contributed by atoms with Crippen molar-refractivity contribution in [3.8, 4) is 0 Å². The van der Waals surface area contributed by atoms with E-state index < -0.39 is 0 Å². The molecule has 1 aliphatic rings. The van der Waals surface area contributed by atoms with Crippen molar-refractivity contribution in [2.45, 2.75) is 32.4 Å². The molecule has 1 aromatic rings. The summed E-state index contributed by atoms with van der Waals surface area (Å²) in [4.78, 5) is 2.45. The van der Waals surface area contributed by atoms with Crippen LogP contribution in [0.15, 0.2) is 24.3 Å². The van der Waals surface area contributed by atoms with Crippen molar-refractivity contribution in [2.24, 2.45) is 0 Å². The van der Waals surface area contributed by atoms with E-state index in [0.717, 1.165) is 44.2 Å². The van der Waals surface area contributed by atoms with Gasteiger partial charge in [0, 0.05) is 24.2 Å². The lowest BCUT2D eigenvalue weighted by Crippen LogP contribution is -2.53. The number of benzene rings is 1. The number of halogens is 1. The predicted octanol–water partition coefficient (Wildman–Crippen LogP) is 2.58. The largest absolute Gasteiger partial charge is 0.374 e. The molecule has 0 aliphatic carbocycles. The molecule has 1 aliphatic heterocycles. The van der Waals surface area contributed by atoms with Gasteiger partial charge in [0.2, 0.25) is 0 Å². The summed E-state index contributed by atoms with van der Waals surface area (Å²) >= 11 is 6.28. The molecule has 2 rings (SSSR count). The van der Waals surface area contributed by atoms with Gasteiger partial charge in [-0.2, -0.15) is 0 Å². The fraction of sp³-hybridized carbons (Fsp3) is 0.625. The van der Waals surface area contributed by atoms with Crippen molar-refractivity contribution >= 4 is 11.6 Å². The minimum Gasteiger partial charge on any atom is -0.374 e. The molecule has 0 spiro atoms. The molecule has 1 heterocycles. The fourth-order valence-electron chi connectivity index (χ4n) is 2.76. The zero-order valence-electron chi connectivity index (χ0n) is 12.4. The predicted molar refractivity (Wildman–Crippen MR) is 84.5 cm³/mol. The van der Waals surface area contributed by atoms with E-state index in [1.807, 2.05) is 18.2 Å². The van der Waals surface area contributed by atoms with Crippen LogP contribution in [0.4, 0.5) is 0 Å². The second-order valence-electron chi connectivity index (χ2n) is 5.26. The SMILES string of the molecule is CCNC(Cc1ccccc1Cl)C1CN(CC)CCO1. The van der Waals surface area contributed by atoms with E-state index in [-0.39, 0.29) is 6.10 Å². The van der Waals surface area contributed by atoms with Gasteiger partial charge in [0.15, 0.2) is 0 Å². The Kier molecular flexibility index (Phi) is 6.30. The molecule has 112 valence electrons. The summed E-state index contributed by atoms with van der Waals surface area (Å²) in [6, 6.07) is 8.40. The zero-order chi connectivity index (χ0) is 14.4. The van der Waals surface area contributed by atoms with E-state index in [0.29, 0.717) is 6.04 Å². The summed E-state index contributed by atoms with van der Waals surface area (Å²) in [6.07, 6.45) is 1.15. The highest BCUT2D eigenvalue weighted by Crippen LogP contribution is 2.19. The van der Waals surface area contributed by atoms with Gasteiger partial charge in [-0.05, 0) is 31.1 Å². The Bertz CT molecular complexity index is 413. The standard InChI is InChI=1S/C16H25ClN2O/c1-3-18-15(11-13-7-5-6-8-14(13)17)16-12-19(4-2)9-10-20-16/h5-8,15-16,18H,3-4,9-12H2,1-2H3. The van der Waals surface area contributed by atoms with Gasteiger partial charge in [-0.15, -0.1) is 0 Å². The van der Waals surface area contributed by atoms with Gasteiger partial charge in [-0.25, -0.2) is 0 Å². The molecule has 20 heavy (non-hydrogen) atoms. The number of hydrogen-bond donors (Lipinski definition) is 1. The van der Waals surface area contributed by atoms with Crippen LogP contribution in [0, 0.1) is 0 Å². The third-order valence-corrected chi connectivity index (χ3v) is 4.31. The molecule has 2 atom stereocenters. The zero-order valence-corrected chi connectivity index (χ0v) is 13.2. The van der Waals surface area contributed by atoms with Crippen LogP contribution in [0.1, 0.15) is 19.4 Å². The summed E-state index contributed by atoms with van der Waals surface area (Å²) in [5.41, 5.74) is 1.19. The number of likely N-dealkylation sites (N-methyl/N-ethyl adjacent to an activating group) is 2. The van der Waals surface area contributed by atoms with E-state index in [1.54, 1.807) is 0 Å². The summed E-state index contributed by atoms with van der Waals surface area (Å²) in [5.74, 6) is 0. The van der Waals surface area contributed by atoms with Gasteiger partial charge in [0.25, 0.3) is 0 Å². The lowest BCUT2D eigenvalue weighted by molar-refractivity contribution is -0.0445. The van der Waals surface area contributed by atoms with Crippen molar-refractivity contribution in [1.29, 1.82) is 0 Å². The average molecular weight is 297 g/mol. The first kappa shape index (κ1) is 15.8. The highest BCUT2D eigenvalue weighted by Gasteiger charge is 2.27. The molecule has 0 saturated carbocycles. The lowest BCUT2D eigenvalue weighted by Gasteiger charge is -2.37. The Balaban J connectivity index is 2.04. The maximum atomic E-state index is 6.28. The summed E-state index contributed by atoms with van der Waals surface area (Å²) < 4.78 is 5.99. The lowest BCUT2D eigenvalue weighted by atomic mass is 9.99. The minimum absolute atomic E-state index is 0.236. The number of morpholine rings is 1. The second-order valence-corrected chi connectivity index (χ2v) is 5.67. The molecule has 2 unspecified atom stereocenters. The monoisotopic (exact) mass is 296 g/mol. The Hall–Kier alpha value is -0.610. The molecule has 0 amide bonds. The number of nitrogens with one attached hydrogen (secondary N) is 1. The molecule has 1 aromatic carbocycles. The van der Waals surface area contributed by atoms with Gasteiger partial charge in [0.1, 0.15) is 0 Å². The molecular formula is C16H25ClN2O. The van der Waals surface area contributed by atoms with E-state index in [9.17, 15) is 0 Å². The third kappa shape index (κ3) is 4.19. The van der Waals surface area contributed by atoms with Crippen LogP contribution in [0.25, 0.3) is 0 Å². The third-order valence-electron chi connectivity index (χ3n) is 3.94. The molecular weight excluding hydrogens is 272 g/mol. The first-order valence-corrected chi connectivity index (χ1v) is 7.93. The molecule has 1 N–H and O–H groups in total. The molecule has 0 radical (unpaired) electrons.